The molecular weight excluding hydrogens is 532 g/mol. The highest BCUT2D eigenvalue weighted by Gasteiger charge is 2.23. The van der Waals surface area contributed by atoms with Gasteiger partial charge in [-0.25, -0.2) is 18.5 Å². The van der Waals surface area contributed by atoms with Gasteiger partial charge in [0.25, 0.3) is 5.91 Å². The number of imidazole rings is 1. The summed E-state index contributed by atoms with van der Waals surface area (Å²) in [6.45, 7) is 1.66. The molecule has 0 spiro atoms. The van der Waals surface area contributed by atoms with Crippen molar-refractivity contribution < 1.29 is 18.0 Å². The molecule has 3 aromatic rings. The number of hydrogen-bond acceptors (Lipinski definition) is 5. The number of furan rings is 1. The highest BCUT2D eigenvalue weighted by Crippen LogP contribution is 2.28. The number of carbonyl (C=O) groups is 1. The Morgan fingerprint density at radius 2 is 1.86 bits per heavy atom. The van der Waals surface area contributed by atoms with Gasteiger partial charge < -0.3 is 13.5 Å². The van der Waals surface area contributed by atoms with Gasteiger partial charge in [0.2, 0.25) is 0 Å². The average molecular weight is 557 g/mol. The lowest BCUT2D eigenvalue weighted by atomic mass is 10.1. The third-order valence-corrected chi connectivity index (χ3v) is 9.17. The standard InChI is InChI=1S/C26H25ClN4O4S2/c27-20-7-5-19(6-8-20)24-16-28-26(31(24)17-22-4-3-15-35-22)36-18-25(32)29-21-9-11-23(12-10-21)37(33,34)30-13-1-2-14-30/h3-12,15-16H,1-2,13-14,17-18H2,(H,33,34). The maximum absolute atomic E-state index is 12.8. The first-order valence-corrected chi connectivity index (χ1v) is 14.6. The summed E-state index contributed by atoms with van der Waals surface area (Å²) >= 11 is 7.34. The monoisotopic (exact) mass is 556 g/mol. The van der Waals surface area contributed by atoms with Gasteiger partial charge >= 0.3 is 0 Å². The van der Waals surface area contributed by atoms with E-state index in [0.717, 1.165) is 29.9 Å². The van der Waals surface area contributed by atoms with Crippen LogP contribution in [0, 0.1) is 0 Å². The number of rotatable bonds is 7. The molecule has 1 unspecified atom stereocenters. The normalized spacial score (nSPS) is 17.4. The summed E-state index contributed by atoms with van der Waals surface area (Å²) in [5.41, 5.74) is 2.26. The number of benzene rings is 1. The largest absolute Gasteiger partial charge is 0.467 e. The van der Waals surface area contributed by atoms with E-state index in [1.165, 1.54) is 11.8 Å². The van der Waals surface area contributed by atoms with Gasteiger partial charge in [0, 0.05) is 18.1 Å². The lowest BCUT2D eigenvalue weighted by Crippen LogP contribution is -2.32. The summed E-state index contributed by atoms with van der Waals surface area (Å²) in [6.07, 6.45) is 11.5. The molecule has 11 heteroatoms. The third kappa shape index (κ3) is 6.00. The number of thioether (sulfide) groups is 1. The van der Waals surface area contributed by atoms with Crippen molar-refractivity contribution in [1.29, 1.82) is 0 Å². The van der Waals surface area contributed by atoms with E-state index in [2.05, 4.69) is 9.98 Å². The molecule has 37 heavy (non-hydrogen) atoms. The fourth-order valence-corrected chi connectivity index (χ4v) is 6.55. The van der Waals surface area contributed by atoms with E-state index < -0.39 is 9.99 Å². The highest BCUT2D eigenvalue weighted by molar-refractivity contribution is 7.99. The number of aliphatic imine (C=N–C) groups is 1. The van der Waals surface area contributed by atoms with Crippen LogP contribution in [0.25, 0.3) is 11.3 Å². The Bertz CT molecular complexity index is 1470. The van der Waals surface area contributed by atoms with Gasteiger partial charge in [0.1, 0.15) is 5.76 Å². The van der Waals surface area contributed by atoms with Crippen LogP contribution in [0.4, 0.5) is 0 Å². The second-order valence-electron chi connectivity index (χ2n) is 8.52. The molecule has 8 nitrogen and oxygen atoms in total. The Morgan fingerprint density at radius 1 is 1.14 bits per heavy atom. The molecule has 1 amide bonds. The number of amides is 1. The van der Waals surface area contributed by atoms with E-state index >= 15 is 0 Å². The molecule has 1 aromatic carbocycles. The van der Waals surface area contributed by atoms with Gasteiger partial charge in [-0.05, 0) is 67.0 Å². The van der Waals surface area contributed by atoms with Gasteiger partial charge in [-0.15, -0.1) is 0 Å². The molecule has 192 valence electrons. The average Bonchev–Trinajstić information content (AvgIpc) is 3.67. The number of hydrogen-bond donors (Lipinski definition) is 1. The minimum absolute atomic E-state index is 0.0848. The number of aromatic nitrogens is 2. The fraction of sp³-hybridized carbons (Fsp3) is 0.231. The van der Waals surface area contributed by atoms with Gasteiger partial charge in [-0.3, -0.25) is 4.79 Å². The number of allylic oxidation sites excluding steroid dienone is 4. The van der Waals surface area contributed by atoms with E-state index in [-0.39, 0.29) is 11.7 Å². The Balaban J connectivity index is 1.30. The third-order valence-electron chi connectivity index (χ3n) is 5.99. The first-order chi connectivity index (χ1) is 17.9. The summed E-state index contributed by atoms with van der Waals surface area (Å²) in [5.74, 6) is 0.518. The van der Waals surface area contributed by atoms with Crippen LogP contribution in [0.3, 0.4) is 0 Å². The molecule has 1 atom stereocenters. The van der Waals surface area contributed by atoms with E-state index in [1.807, 2.05) is 41.0 Å². The minimum atomic E-state index is -3.25. The number of halogens is 1. The molecule has 0 radical (unpaired) electrons. The summed E-state index contributed by atoms with van der Waals surface area (Å²) in [7, 11) is -3.25. The highest BCUT2D eigenvalue weighted by atomic mass is 35.5. The quantitative estimate of drug-likeness (QED) is 0.326. The molecule has 0 bridgehead atoms. The molecule has 0 saturated carbocycles. The smallest absolute Gasteiger partial charge is 0.256 e. The summed E-state index contributed by atoms with van der Waals surface area (Å²) in [4.78, 5) is 21.7. The molecule has 5 rings (SSSR count). The van der Waals surface area contributed by atoms with Gasteiger partial charge in [0.15, 0.2) is 15.1 Å². The molecule has 1 aliphatic carbocycles. The van der Waals surface area contributed by atoms with E-state index in [9.17, 15) is 13.6 Å². The minimum Gasteiger partial charge on any atom is -0.467 e. The van der Waals surface area contributed by atoms with Crippen molar-refractivity contribution in [3.05, 3.63) is 83.9 Å². The van der Waals surface area contributed by atoms with Crippen molar-refractivity contribution in [2.24, 2.45) is 4.99 Å². The second kappa shape index (κ2) is 11.2. The molecular formula is C26H25ClN4O4S2. The second-order valence-corrected chi connectivity index (χ2v) is 11.9. The lowest BCUT2D eigenvalue weighted by Gasteiger charge is -2.19. The summed E-state index contributed by atoms with van der Waals surface area (Å²) in [5, 5.41) is 1.30. The molecule has 1 fully saturated rings. The van der Waals surface area contributed by atoms with Crippen LogP contribution in [0.2, 0.25) is 5.02 Å². The van der Waals surface area contributed by atoms with Crippen LogP contribution in [-0.4, -0.2) is 57.9 Å². The maximum Gasteiger partial charge on any atom is 0.256 e. The van der Waals surface area contributed by atoms with Crippen molar-refractivity contribution in [3.8, 4) is 11.3 Å². The molecule has 1 saturated heterocycles. The van der Waals surface area contributed by atoms with Crippen LogP contribution in [-0.2, 0) is 21.3 Å². The van der Waals surface area contributed by atoms with Crippen molar-refractivity contribution in [2.45, 2.75) is 24.5 Å². The van der Waals surface area contributed by atoms with Crippen molar-refractivity contribution >= 4 is 49.8 Å². The molecule has 3 heterocycles. The Labute approximate surface area is 224 Å². The van der Waals surface area contributed by atoms with Crippen LogP contribution in [0.5, 0.6) is 0 Å². The first kappa shape index (κ1) is 25.7. The zero-order valence-corrected chi connectivity index (χ0v) is 22.2. The van der Waals surface area contributed by atoms with Gasteiger partial charge in [-0.2, -0.15) is 0 Å². The topological polar surface area (TPSA) is 101 Å². The molecule has 1 aliphatic heterocycles. The lowest BCUT2D eigenvalue weighted by molar-refractivity contribution is -0.115. The molecule has 2 aromatic heterocycles. The van der Waals surface area contributed by atoms with Crippen molar-refractivity contribution in [2.75, 3.05) is 18.8 Å². The van der Waals surface area contributed by atoms with E-state index in [4.69, 9.17) is 16.0 Å². The molecule has 1 N–H and O–H groups in total. The summed E-state index contributed by atoms with van der Waals surface area (Å²) in [6, 6.07) is 11.2. The SMILES string of the molecule is O=C(CSc1ncc(-c2ccc(Cl)cc2)n1Cc1ccco1)N=C1C=CC(=S(=O)(O)N2CCCC2)C=C1. The Hall–Kier alpha value is -2.89. The van der Waals surface area contributed by atoms with Crippen LogP contribution in [0.15, 0.2) is 87.7 Å². The maximum atomic E-state index is 12.8. The van der Waals surface area contributed by atoms with E-state index in [0.29, 0.717) is 40.4 Å². The van der Waals surface area contributed by atoms with Crippen LogP contribution < -0.4 is 0 Å². The van der Waals surface area contributed by atoms with E-state index in [1.54, 1.807) is 41.1 Å². The van der Waals surface area contributed by atoms with Crippen molar-refractivity contribution in [3.63, 3.8) is 0 Å². The van der Waals surface area contributed by atoms with Gasteiger partial charge in [-0.1, -0.05) is 35.5 Å². The predicted molar refractivity (Wildman–Crippen MR) is 149 cm³/mol. The predicted octanol–water partition coefficient (Wildman–Crippen LogP) is 4.97. The fourth-order valence-electron chi connectivity index (χ4n) is 4.12. The summed E-state index contributed by atoms with van der Waals surface area (Å²) < 4.78 is 32.5. The Kier molecular flexibility index (Phi) is 7.82. The first-order valence-electron chi connectivity index (χ1n) is 11.7. The van der Waals surface area contributed by atoms with Crippen LogP contribution in [0.1, 0.15) is 18.6 Å². The van der Waals surface area contributed by atoms with Crippen molar-refractivity contribution in [1.82, 2.24) is 13.9 Å². The zero-order valence-electron chi connectivity index (χ0n) is 19.8. The number of carbonyl (C=O) groups excluding carboxylic acids is 1. The zero-order chi connectivity index (χ0) is 25.8. The van der Waals surface area contributed by atoms with Crippen LogP contribution >= 0.6 is 23.4 Å². The van der Waals surface area contributed by atoms with Gasteiger partial charge in [0.05, 0.1) is 41.0 Å². The Morgan fingerprint density at radius 3 is 2.54 bits per heavy atom. The number of nitrogens with zero attached hydrogens (tertiary/aromatic N) is 4. The molecule has 2 aliphatic rings.